The molecule has 0 spiro atoms. The van der Waals surface area contributed by atoms with Crippen LogP contribution in [-0.4, -0.2) is 11.5 Å². The van der Waals surface area contributed by atoms with Gasteiger partial charge in [-0.05, 0) is 34.6 Å². The second-order valence-electron chi connectivity index (χ2n) is 2.61. The Bertz CT molecular complexity index is 355. The van der Waals surface area contributed by atoms with Crippen LogP contribution in [0.5, 0.6) is 0 Å². The van der Waals surface area contributed by atoms with Crippen molar-refractivity contribution in [2.75, 3.05) is 11.5 Å². The van der Waals surface area contributed by atoms with Crippen LogP contribution in [-0.2, 0) is 0 Å². The van der Waals surface area contributed by atoms with Gasteiger partial charge in [-0.1, -0.05) is 6.58 Å². The van der Waals surface area contributed by atoms with Crippen LogP contribution in [0, 0.1) is 0 Å². The molecule has 3 heteroatoms. The molecule has 0 aliphatic carbocycles. The molecule has 1 aromatic rings. The van der Waals surface area contributed by atoms with E-state index in [0.29, 0.717) is 0 Å². The number of thiophene rings is 1. The first-order chi connectivity index (χ1) is 5.88. The maximum Gasteiger partial charge on any atom is 0.0580 e. The number of hydrogen-bond acceptors (Lipinski definition) is 3. The van der Waals surface area contributed by atoms with Gasteiger partial charge in [-0.2, -0.15) is 0 Å². The molecule has 0 saturated carbocycles. The fraction of sp³-hybridized carbons (Fsp3) is 0.333. The second kappa shape index (κ2) is 3.90. The molecule has 0 aromatic carbocycles. The van der Waals surface area contributed by atoms with Gasteiger partial charge >= 0.3 is 0 Å². The van der Waals surface area contributed by atoms with Gasteiger partial charge in [-0.3, -0.25) is 0 Å². The maximum atomic E-state index is 4.02. The van der Waals surface area contributed by atoms with Crippen molar-refractivity contribution >= 4 is 45.7 Å². The zero-order valence-electron chi connectivity index (χ0n) is 6.71. The van der Waals surface area contributed by atoms with Gasteiger partial charge in [0.25, 0.3) is 0 Å². The van der Waals surface area contributed by atoms with Crippen LogP contribution in [0.15, 0.2) is 11.4 Å². The van der Waals surface area contributed by atoms with E-state index in [4.69, 9.17) is 0 Å². The summed E-state index contributed by atoms with van der Waals surface area (Å²) in [6.45, 7) is 4.02. The van der Waals surface area contributed by atoms with Gasteiger partial charge < -0.3 is 0 Å². The molecular formula is C9H10S3. The van der Waals surface area contributed by atoms with Gasteiger partial charge in [0.15, 0.2) is 0 Å². The highest BCUT2D eigenvalue weighted by Gasteiger charge is 2.07. The van der Waals surface area contributed by atoms with Crippen molar-refractivity contribution < 1.29 is 0 Å². The molecule has 12 heavy (non-hydrogen) atoms. The minimum atomic E-state index is 1.19. The second-order valence-corrected chi connectivity index (χ2v) is 6.00. The van der Waals surface area contributed by atoms with E-state index >= 15 is 0 Å². The lowest BCUT2D eigenvalue weighted by molar-refractivity contribution is 1.13. The van der Waals surface area contributed by atoms with Crippen LogP contribution < -0.4 is 9.75 Å². The average Bonchev–Trinajstić information content (AvgIpc) is 2.53. The Morgan fingerprint density at radius 1 is 1.25 bits per heavy atom. The summed E-state index contributed by atoms with van der Waals surface area (Å²) >= 11 is 5.79. The predicted molar refractivity (Wildman–Crippen MR) is 62.0 cm³/mol. The van der Waals surface area contributed by atoms with Gasteiger partial charge in [0.05, 0.1) is 8.77 Å². The molecule has 0 N–H and O–H groups in total. The zero-order valence-corrected chi connectivity index (χ0v) is 9.16. The normalized spacial score (nSPS) is 18.2. The van der Waals surface area contributed by atoms with Crippen molar-refractivity contribution in [1.29, 1.82) is 0 Å². The van der Waals surface area contributed by atoms with E-state index in [-0.39, 0.29) is 0 Å². The topological polar surface area (TPSA) is 0 Å². The highest BCUT2D eigenvalue weighted by atomic mass is 32.2. The summed E-state index contributed by atoms with van der Waals surface area (Å²) < 4.78 is 2.88. The van der Waals surface area contributed by atoms with Gasteiger partial charge in [-0.25, -0.2) is 0 Å². The Morgan fingerprint density at radius 3 is 2.58 bits per heavy atom. The van der Waals surface area contributed by atoms with Crippen LogP contribution in [0.2, 0.25) is 0 Å². The fourth-order valence-corrected chi connectivity index (χ4v) is 4.89. The van der Waals surface area contributed by atoms with Gasteiger partial charge in [0.2, 0.25) is 0 Å². The molecule has 0 amide bonds. The summed E-state index contributed by atoms with van der Waals surface area (Å²) in [4.78, 5) is 0. The van der Waals surface area contributed by atoms with Crippen molar-refractivity contribution in [2.24, 2.45) is 0 Å². The minimum Gasteiger partial charge on any atom is -0.142 e. The number of rotatable bonds is 0. The summed E-state index contributed by atoms with van der Waals surface area (Å²) in [6, 6.07) is 2.10. The fourth-order valence-electron chi connectivity index (χ4n) is 1.08. The standard InChI is InChI=1S/C9H10S3/c1-7-3-6-10-8(7)9-11-4-2-5-12-9/h3,6H,1-2,4-5H2. The Morgan fingerprint density at radius 2 is 2.00 bits per heavy atom. The highest BCUT2D eigenvalue weighted by molar-refractivity contribution is 8.30. The lowest BCUT2D eigenvalue weighted by atomic mass is 10.5. The minimum absolute atomic E-state index is 1.19. The molecule has 0 bridgehead atoms. The molecule has 1 saturated heterocycles. The molecule has 0 nitrogen and oxygen atoms in total. The molecule has 0 atom stereocenters. The summed E-state index contributed by atoms with van der Waals surface area (Å²) in [5.41, 5.74) is 0. The molecule has 64 valence electrons. The average molecular weight is 214 g/mol. The van der Waals surface area contributed by atoms with Crippen molar-refractivity contribution in [2.45, 2.75) is 6.42 Å². The molecule has 1 aliphatic rings. The zero-order chi connectivity index (χ0) is 8.39. The van der Waals surface area contributed by atoms with Crippen LogP contribution in [0.4, 0.5) is 0 Å². The van der Waals surface area contributed by atoms with E-state index in [9.17, 15) is 0 Å². The quantitative estimate of drug-likeness (QED) is 0.648. The molecule has 1 aromatic heterocycles. The predicted octanol–water partition coefficient (Wildman–Crippen LogP) is 2.09. The summed E-state index contributed by atoms with van der Waals surface area (Å²) in [7, 11) is 0. The van der Waals surface area contributed by atoms with E-state index in [1.54, 1.807) is 0 Å². The maximum absolute atomic E-state index is 4.02. The molecule has 1 fully saturated rings. The van der Waals surface area contributed by atoms with Crippen molar-refractivity contribution in [3.05, 3.63) is 21.2 Å². The van der Waals surface area contributed by atoms with E-state index in [2.05, 4.69) is 18.0 Å². The van der Waals surface area contributed by atoms with E-state index < -0.39 is 0 Å². The first kappa shape index (κ1) is 8.73. The lowest BCUT2D eigenvalue weighted by Crippen LogP contribution is -2.18. The molecule has 2 rings (SSSR count). The molecule has 1 aliphatic heterocycles. The molecular weight excluding hydrogens is 204 g/mol. The largest absolute Gasteiger partial charge is 0.142 e. The van der Waals surface area contributed by atoms with Gasteiger partial charge in [0, 0.05) is 0 Å². The monoisotopic (exact) mass is 214 g/mol. The van der Waals surface area contributed by atoms with Crippen molar-refractivity contribution in [3.63, 3.8) is 0 Å². The SMILES string of the molecule is C=c1ccsc1=C1SCCCS1. The lowest BCUT2D eigenvalue weighted by Gasteiger charge is -2.11. The number of thioether (sulfide) groups is 2. The molecule has 2 heterocycles. The van der Waals surface area contributed by atoms with E-state index in [1.807, 2.05) is 34.9 Å². The van der Waals surface area contributed by atoms with E-state index in [0.717, 1.165) is 0 Å². The molecule has 0 unspecified atom stereocenters. The van der Waals surface area contributed by atoms with E-state index in [1.165, 1.54) is 31.9 Å². The van der Waals surface area contributed by atoms with Crippen molar-refractivity contribution in [1.82, 2.24) is 0 Å². The third-order valence-corrected chi connectivity index (χ3v) is 5.55. The number of hydrogen-bond donors (Lipinski definition) is 0. The molecule has 0 radical (unpaired) electrons. The first-order valence-corrected chi connectivity index (χ1v) is 6.75. The summed E-state index contributed by atoms with van der Waals surface area (Å²) in [5, 5.41) is 3.32. The Hall–Kier alpha value is 0.140. The third kappa shape index (κ3) is 1.73. The van der Waals surface area contributed by atoms with Gasteiger partial charge in [-0.15, -0.1) is 34.9 Å². The first-order valence-electron chi connectivity index (χ1n) is 3.90. The summed E-state index contributed by atoms with van der Waals surface area (Å²) in [6.07, 6.45) is 1.34. The third-order valence-electron chi connectivity index (χ3n) is 1.69. The van der Waals surface area contributed by atoms with Crippen LogP contribution in [0.3, 0.4) is 0 Å². The van der Waals surface area contributed by atoms with Crippen LogP contribution in [0.1, 0.15) is 6.42 Å². The van der Waals surface area contributed by atoms with Crippen LogP contribution >= 0.6 is 34.9 Å². The Labute approximate surface area is 84.8 Å². The smallest absolute Gasteiger partial charge is 0.0580 e. The summed E-state index contributed by atoms with van der Waals surface area (Å²) in [5.74, 6) is 2.55. The Balaban J connectivity index is 2.48. The Kier molecular flexibility index (Phi) is 2.84. The highest BCUT2D eigenvalue weighted by Crippen LogP contribution is 2.34. The van der Waals surface area contributed by atoms with Crippen LogP contribution in [0.25, 0.3) is 10.8 Å². The van der Waals surface area contributed by atoms with Gasteiger partial charge in [0.1, 0.15) is 0 Å². The van der Waals surface area contributed by atoms with Crippen molar-refractivity contribution in [3.8, 4) is 0 Å².